The van der Waals surface area contributed by atoms with Gasteiger partial charge in [0.15, 0.2) is 16.9 Å². The molecular formula is C66H40N4O2. The molecule has 336 valence electrons. The Kier molecular flexibility index (Phi) is 9.36. The first-order chi connectivity index (χ1) is 35.6. The average Bonchev–Trinajstić information content (AvgIpc) is 4.03. The minimum Gasteiger partial charge on any atom is -0.454 e. The van der Waals surface area contributed by atoms with Crippen LogP contribution >= 0.6 is 0 Å². The van der Waals surface area contributed by atoms with Crippen molar-refractivity contribution >= 4 is 72.3 Å². The summed E-state index contributed by atoms with van der Waals surface area (Å²) in [6.45, 7) is 8.33. The van der Waals surface area contributed by atoms with Crippen LogP contribution in [0.1, 0.15) is 5.56 Å². The third kappa shape index (κ3) is 6.48. The molecule has 8 aromatic carbocycles. The number of hydrogen-bond donors (Lipinski definition) is 0. The lowest BCUT2D eigenvalue weighted by molar-refractivity contribution is 0.551. The van der Waals surface area contributed by atoms with Gasteiger partial charge in [-0.25, -0.2) is 4.85 Å². The number of furan rings is 2. The van der Waals surface area contributed by atoms with E-state index in [0.29, 0.717) is 11.3 Å². The fourth-order valence-corrected chi connectivity index (χ4v) is 11.5. The van der Waals surface area contributed by atoms with Crippen LogP contribution in [0.25, 0.3) is 71.0 Å². The lowest BCUT2D eigenvalue weighted by Gasteiger charge is -2.45. The number of nitriles is 1. The molecule has 6 nitrogen and oxygen atoms in total. The Labute approximate surface area is 415 Å². The number of benzene rings is 8. The number of hydrogen-bond acceptors (Lipinski definition) is 5. The van der Waals surface area contributed by atoms with E-state index in [1.165, 1.54) is 11.1 Å². The van der Waals surface area contributed by atoms with Crippen LogP contribution in [0, 0.1) is 29.7 Å². The summed E-state index contributed by atoms with van der Waals surface area (Å²) in [5.74, 6) is -0.123. The van der Waals surface area contributed by atoms with E-state index >= 15 is 0 Å². The molecule has 0 saturated heterocycles. The highest BCUT2D eigenvalue weighted by atomic mass is 16.3. The van der Waals surface area contributed by atoms with Gasteiger partial charge < -0.3 is 18.6 Å². The SMILES string of the molecule is [C-]#[N+]c1cc(-c2ccccc2)cc(N(C2=CC=C3C=CC4=C(N(c5cc(C#N)cc(-c6ccccc6)c5)c5cccc6c5oc5ccccc56)C=CC5=CC=C2C3C54)c2cccc3c2oc2ccccc23)c1. The second-order valence-corrected chi connectivity index (χ2v) is 18.6. The number of para-hydroxylation sites is 4. The largest absolute Gasteiger partial charge is 0.454 e. The summed E-state index contributed by atoms with van der Waals surface area (Å²) >= 11 is 0. The van der Waals surface area contributed by atoms with Gasteiger partial charge in [-0.05, 0) is 117 Å². The smallest absolute Gasteiger partial charge is 0.189 e. The van der Waals surface area contributed by atoms with Gasteiger partial charge in [0.05, 0.1) is 41.0 Å². The van der Waals surface area contributed by atoms with Gasteiger partial charge >= 0.3 is 0 Å². The van der Waals surface area contributed by atoms with E-state index in [2.05, 4.69) is 160 Å². The molecule has 2 atom stereocenters. The Morgan fingerprint density at radius 3 is 1.68 bits per heavy atom. The lowest BCUT2D eigenvalue weighted by Crippen LogP contribution is -2.35. The highest BCUT2D eigenvalue weighted by Crippen LogP contribution is 2.55. The van der Waals surface area contributed by atoms with Crippen LogP contribution in [0.3, 0.4) is 0 Å². The fraction of sp³-hybridized carbons (Fsp3) is 0.0303. The molecule has 0 amide bonds. The zero-order valence-corrected chi connectivity index (χ0v) is 38.7. The minimum absolute atomic E-state index is 0.0610. The third-order valence-corrected chi connectivity index (χ3v) is 14.6. The van der Waals surface area contributed by atoms with E-state index in [-0.39, 0.29) is 11.8 Å². The molecule has 4 aliphatic rings. The topological polar surface area (TPSA) is 60.9 Å². The van der Waals surface area contributed by atoms with E-state index in [0.717, 1.165) is 111 Å². The van der Waals surface area contributed by atoms with E-state index in [9.17, 15) is 5.26 Å². The molecule has 14 rings (SSSR count). The molecule has 0 N–H and O–H groups in total. The first kappa shape index (κ1) is 41.1. The molecule has 0 fully saturated rings. The number of nitrogens with zero attached hydrogens (tertiary/aromatic N) is 4. The molecular weight excluding hydrogens is 881 g/mol. The maximum atomic E-state index is 10.6. The van der Waals surface area contributed by atoms with Crippen molar-refractivity contribution in [3.8, 4) is 28.3 Å². The molecule has 0 aliphatic heterocycles. The zero-order chi connectivity index (χ0) is 47.9. The van der Waals surface area contributed by atoms with Crippen LogP contribution in [-0.4, -0.2) is 0 Å². The zero-order valence-electron chi connectivity index (χ0n) is 38.7. The Balaban J connectivity index is 0.974. The quantitative estimate of drug-likeness (QED) is 0.142. The summed E-state index contributed by atoms with van der Waals surface area (Å²) in [4.78, 5) is 8.64. The summed E-state index contributed by atoms with van der Waals surface area (Å²) in [5, 5.41) is 14.7. The third-order valence-electron chi connectivity index (χ3n) is 14.6. The van der Waals surface area contributed by atoms with Gasteiger partial charge in [-0.1, -0.05) is 158 Å². The molecule has 72 heavy (non-hydrogen) atoms. The van der Waals surface area contributed by atoms with E-state index < -0.39 is 0 Å². The first-order valence-corrected chi connectivity index (χ1v) is 24.1. The van der Waals surface area contributed by atoms with Crippen LogP contribution in [-0.2, 0) is 0 Å². The van der Waals surface area contributed by atoms with Crippen molar-refractivity contribution in [1.82, 2.24) is 0 Å². The van der Waals surface area contributed by atoms with Crippen molar-refractivity contribution in [3.05, 3.63) is 281 Å². The summed E-state index contributed by atoms with van der Waals surface area (Å²) in [5.41, 5.74) is 18.4. The molecule has 0 bridgehead atoms. The number of fused-ring (bicyclic) bond motifs is 6. The first-order valence-electron chi connectivity index (χ1n) is 24.1. The van der Waals surface area contributed by atoms with Crippen LogP contribution in [0.4, 0.5) is 28.4 Å². The van der Waals surface area contributed by atoms with Crippen molar-refractivity contribution in [2.45, 2.75) is 0 Å². The molecule has 2 aromatic heterocycles. The predicted molar refractivity (Wildman–Crippen MR) is 291 cm³/mol. The van der Waals surface area contributed by atoms with Gasteiger partial charge in [-0.2, -0.15) is 5.26 Å². The van der Waals surface area contributed by atoms with E-state index in [1.807, 2.05) is 91.0 Å². The van der Waals surface area contributed by atoms with Crippen LogP contribution < -0.4 is 9.80 Å². The highest BCUT2D eigenvalue weighted by Gasteiger charge is 2.43. The van der Waals surface area contributed by atoms with Crippen molar-refractivity contribution in [2.75, 3.05) is 9.80 Å². The van der Waals surface area contributed by atoms with Gasteiger partial charge in [0.25, 0.3) is 0 Å². The van der Waals surface area contributed by atoms with Crippen molar-refractivity contribution < 1.29 is 8.83 Å². The van der Waals surface area contributed by atoms with Gasteiger partial charge in [0, 0.05) is 44.8 Å². The summed E-state index contributed by atoms with van der Waals surface area (Å²) in [6.07, 6.45) is 18.1. The van der Waals surface area contributed by atoms with E-state index in [4.69, 9.17) is 15.4 Å². The fourth-order valence-electron chi connectivity index (χ4n) is 11.5. The summed E-state index contributed by atoms with van der Waals surface area (Å²) in [6, 6.07) is 64.4. The molecule has 10 aromatic rings. The monoisotopic (exact) mass is 920 g/mol. The lowest BCUT2D eigenvalue weighted by atomic mass is 9.63. The van der Waals surface area contributed by atoms with Crippen LogP contribution in [0.5, 0.6) is 0 Å². The normalized spacial score (nSPS) is 16.5. The summed E-state index contributed by atoms with van der Waals surface area (Å²) < 4.78 is 13.6. The Morgan fingerprint density at radius 1 is 0.472 bits per heavy atom. The minimum atomic E-state index is -0.0617. The Bertz CT molecular complexity index is 4260. The Hall–Kier alpha value is -9.88. The predicted octanol–water partition coefficient (Wildman–Crippen LogP) is 17.5. The van der Waals surface area contributed by atoms with Crippen molar-refractivity contribution in [2.24, 2.45) is 11.8 Å². The number of allylic oxidation sites excluding steroid dienone is 12. The number of rotatable bonds is 8. The maximum absolute atomic E-state index is 10.6. The van der Waals surface area contributed by atoms with Gasteiger partial charge in [-0.15, -0.1) is 0 Å². The van der Waals surface area contributed by atoms with Crippen molar-refractivity contribution in [1.29, 1.82) is 5.26 Å². The van der Waals surface area contributed by atoms with Gasteiger partial charge in [0.1, 0.15) is 11.2 Å². The van der Waals surface area contributed by atoms with Crippen LogP contribution in [0.2, 0.25) is 0 Å². The molecule has 0 radical (unpaired) electrons. The average molecular weight is 921 g/mol. The second-order valence-electron chi connectivity index (χ2n) is 18.6. The second kappa shape index (κ2) is 16.4. The molecule has 0 saturated carbocycles. The molecule has 6 heteroatoms. The highest BCUT2D eigenvalue weighted by molar-refractivity contribution is 6.11. The molecule has 4 aliphatic carbocycles. The maximum Gasteiger partial charge on any atom is 0.189 e. The molecule has 2 unspecified atom stereocenters. The van der Waals surface area contributed by atoms with E-state index in [1.54, 1.807) is 0 Å². The number of anilines is 4. The van der Waals surface area contributed by atoms with Crippen molar-refractivity contribution in [3.63, 3.8) is 0 Å². The van der Waals surface area contributed by atoms with Crippen LogP contribution in [0.15, 0.2) is 273 Å². The molecule has 0 spiro atoms. The Morgan fingerprint density at radius 2 is 1.03 bits per heavy atom. The van der Waals surface area contributed by atoms with Gasteiger partial charge in [-0.3, -0.25) is 0 Å². The standard InChI is InChI=1S/C66H40N4O2/c1-68-48-36-47(43-16-6-3-7-17-43)38-50(39-48)70(60-23-13-21-54-52-19-9-11-25-62(52)72-66(54)60)58-33-29-45-26-30-55-57(32-28-44-27-31-56(58)64(45)63(44)55)69(49-35-41(40-67)34-46(37-49)42-14-4-2-5-15-42)59-22-12-20-53-51-18-8-10-24-61(51)71-65(53)59/h2-39,63-64H. The summed E-state index contributed by atoms with van der Waals surface area (Å²) in [7, 11) is 0. The molecule has 2 heterocycles. The van der Waals surface area contributed by atoms with Gasteiger partial charge in [0.2, 0.25) is 0 Å².